The highest BCUT2D eigenvalue weighted by Crippen LogP contribution is 2.25. The van der Waals surface area contributed by atoms with Crippen LogP contribution in [-0.4, -0.2) is 16.2 Å². The van der Waals surface area contributed by atoms with Crippen molar-refractivity contribution in [3.05, 3.63) is 57.0 Å². The lowest BCUT2D eigenvalue weighted by Gasteiger charge is -2.09. The summed E-state index contributed by atoms with van der Waals surface area (Å²) in [6, 6.07) is 8.05. The lowest BCUT2D eigenvalue weighted by atomic mass is 10.2. The molecule has 0 aliphatic carbocycles. The molecule has 0 spiro atoms. The summed E-state index contributed by atoms with van der Waals surface area (Å²) in [6.45, 7) is 7.06. The summed E-state index contributed by atoms with van der Waals surface area (Å²) < 4.78 is 7.40. The Kier molecular flexibility index (Phi) is 4.48. The Morgan fingerprint density at radius 1 is 1.30 bits per heavy atom. The lowest BCUT2D eigenvalue weighted by Crippen LogP contribution is -2.23. The molecule has 0 amide bonds. The predicted molar refractivity (Wildman–Crippen MR) is 94.7 cm³/mol. The van der Waals surface area contributed by atoms with Gasteiger partial charge in [0.2, 0.25) is 0 Å². The number of nitrogens with zero attached hydrogens (tertiary/aromatic N) is 2. The maximum absolute atomic E-state index is 12.6. The maximum atomic E-state index is 12.6. The Morgan fingerprint density at radius 2 is 2.13 bits per heavy atom. The molecule has 0 aliphatic heterocycles. The number of ether oxygens (including phenoxy) is 1. The molecule has 5 heteroatoms. The highest BCUT2D eigenvalue weighted by atomic mass is 32.1. The highest BCUT2D eigenvalue weighted by Gasteiger charge is 2.11. The molecule has 0 N–H and O–H groups in total. The standard InChI is InChI=1S/C18H20N2O2S/c1-4-14-6-5-7-15(10-14)22-9-8-20-11-19-17-16(18(20)21)12(2)13(3)23-17/h5-7,10-11H,4,8-9H2,1-3H3. The van der Waals surface area contributed by atoms with Crippen LogP contribution >= 0.6 is 11.3 Å². The van der Waals surface area contributed by atoms with Crippen LogP contribution in [0.2, 0.25) is 0 Å². The van der Waals surface area contributed by atoms with E-state index in [1.807, 2.05) is 32.0 Å². The fraction of sp³-hybridized carbons (Fsp3) is 0.333. The van der Waals surface area contributed by atoms with Crippen molar-refractivity contribution in [2.45, 2.75) is 33.7 Å². The van der Waals surface area contributed by atoms with Crippen LogP contribution in [0, 0.1) is 13.8 Å². The first-order valence-corrected chi connectivity index (χ1v) is 8.58. The topological polar surface area (TPSA) is 44.1 Å². The summed E-state index contributed by atoms with van der Waals surface area (Å²) in [5, 5.41) is 0.739. The maximum Gasteiger partial charge on any atom is 0.262 e. The summed E-state index contributed by atoms with van der Waals surface area (Å²) in [7, 11) is 0. The van der Waals surface area contributed by atoms with Crippen molar-refractivity contribution < 1.29 is 4.74 Å². The first-order valence-electron chi connectivity index (χ1n) is 7.77. The molecule has 4 nitrogen and oxygen atoms in total. The minimum Gasteiger partial charge on any atom is -0.492 e. The molecule has 0 saturated heterocycles. The number of thiophene rings is 1. The normalized spacial score (nSPS) is 11.1. The van der Waals surface area contributed by atoms with Crippen molar-refractivity contribution >= 4 is 21.6 Å². The van der Waals surface area contributed by atoms with E-state index in [0.29, 0.717) is 13.2 Å². The molecular weight excluding hydrogens is 308 g/mol. The Hall–Kier alpha value is -2.14. The molecule has 0 saturated carbocycles. The molecule has 1 aromatic carbocycles. The van der Waals surface area contributed by atoms with Crippen LogP contribution in [-0.2, 0) is 13.0 Å². The van der Waals surface area contributed by atoms with Crippen molar-refractivity contribution in [1.29, 1.82) is 0 Å². The molecule has 23 heavy (non-hydrogen) atoms. The minimum atomic E-state index is 0.0164. The van der Waals surface area contributed by atoms with Gasteiger partial charge >= 0.3 is 0 Å². The number of aromatic nitrogens is 2. The van der Waals surface area contributed by atoms with E-state index >= 15 is 0 Å². The fourth-order valence-electron chi connectivity index (χ4n) is 2.55. The van der Waals surface area contributed by atoms with E-state index in [1.165, 1.54) is 5.56 Å². The van der Waals surface area contributed by atoms with Crippen LogP contribution in [0.3, 0.4) is 0 Å². The number of benzene rings is 1. The van der Waals surface area contributed by atoms with Crippen LogP contribution in [0.15, 0.2) is 35.4 Å². The Bertz CT molecular complexity index is 896. The third kappa shape index (κ3) is 3.15. The van der Waals surface area contributed by atoms with Crippen molar-refractivity contribution in [2.24, 2.45) is 0 Å². The zero-order valence-electron chi connectivity index (χ0n) is 13.6. The third-order valence-corrected chi connectivity index (χ3v) is 5.18. The van der Waals surface area contributed by atoms with Crippen molar-refractivity contribution in [2.75, 3.05) is 6.61 Å². The van der Waals surface area contributed by atoms with E-state index < -0.39 is 0 Å². The van der Waals surface area contributed by atoms with Gasteiger partial charge in [-0.1, -0.05) is 19.1 Å². The quantitative estimate of drug-likeness (QED) is 0.717. The van der Waals surface area contributed by atoms with Gasteiger partial charge in [-0.25, -0.2) is 4.98 Å². The van der Waals surface area contributed by atoms with Crippen LogP contribution in [0.1, 0.15) is 22.9 Å². The first-order chi connectivity index (χ1) is 11.1. The zero-order valence-corrected chi connectivity index (χ0v) is 14.4. The summed E-state index contributed by atoms with van der Waals surface area (Å²) in [5.74, 6) is 0.842. The monoisotopic (exact) mass is 328 g/mol. The molecule has 0 fully saturated rings. The van der Waals surface area contributed by atoms with Crippen molar-refractivity contribution in [1.82, 2.24) is 9.55 Å². The van der Waals surface area contributed by atoms with E-state index in [9.17, 15) is 4.79 Å². The molecule has 0 aliphatic rings. The zero-order chi connectivity index (χ0) is 16.4. The van der Waals surface area contributed by atoms with Gasteiger partial charge in [-0.3, -0.25) is 9.36 Å². The molecule has 3 rings (SSSR count). The van der Waals surface area contributed by atoms with Crippen LogP contribution in [0.4, 0.5) is 0 Å². The van der Waals surface area contributed by atoms with Crippen molar-refractivity contribution in [3.63, 3.8) is 0 Å². The number of hydrogen-bond acceptors (Lipinski definition) is 4. The molecule has 0 radical (unpaired) electrons. The van der Waals surface area contributed by atoms with E-state index in [-0.39, 0.29) is 5.56 Å². The second-order valence-electron chi connectivity index (χ2n) is 5.56. The van der Waals surface area contributed by atoms with Gasteiger partial charge in [0.05, 0.1) is 18.3 Å². The Morgan fingerprint density at radius 3 is 2.91 bits per heavy atom. The first kappa shape index (κ1) is 15.7. The van der Waals surface area contributed by atoms with Gasteiger partial charge in [-0.15, -0.1) is 11.3 Å². The minimum absolute atomic E-state index is 0.0164. The highest BCUT2D eigenvalue weighted by molar-refractivity contribution is 7.18. The number of hydrogen-bond donors (Lipinski definition) is 0. The smallest absolute Gasteiger partial charge is 0.262 e. The summed E-state index contributed by atoms with van der Waals surface area (Å²) in [6.07, 6.45) is 2.60. The predicted octanol–water partition coefficient (Wildman–Crippen LogP) is 3.72. The Labute approximate surface area is 139 Å². The fourth-order valence-corrected chi connectivity index (χ4v) is 3.53. The van der Waals surface area contributed by atoms with Crippen LogP contribution in [0.25, 0.3) is 10.2 Å². The van der Waals surface area contributed by atoms with Gasteiger partial charge in [0.1, 0.15) is 17.2 Å². The SMILES string of the molecule is CCc1cccc(OCCn2cnc3sc(C)c(C)c3c2=O)c1. The molecule has 0 atom stereocenters. The van der Waals surface area contributed by atoms with E-state index in [2.05, 4.69) is 18.0 Å². The van der Waals surface area contributed by atoms with Gasteiger partial charge in [0, 0.05) is 4.88 Å². The summed E-state index contributed by atoms with van der Waals surface area (Å²) in [5.41, 5.74) is 2.29. The van der Waals surface area contributed by atoms with Crippen LogP contribution < -0.4 is 10.3 Å². The van der Waals surface area contributed by atoms with Gasteiger partial charge in [0.25, 0.3) is 5.56 Å². The largest absolute Gasteiger partial charge is 0.492 e. The van der Waals surface area contributed by atoms with Gasteiger partial charge in [-0.05, 0) is 43.5 Å². The molecule has 0 unspecified atom stereocenters. The molecular formula is C18H20N2O2S. The second kappa shape index (κ2) is 6.54. The molecule has 3 aromatic rings. The van der Waals surface area contributed by atoms with Gasteiger partial charge in [0.15, 0.2) is 0 Å². The van der Waals surface area contributed by atoms with Gasteiger partial charge in [-0.2, -0.15) is 0 Å². The molecule has 120 valence electrons. The summed E-state index contributed by atoms with van der Waals surface area (Å²) in [4.78, 5) is 18.9. The second-order valence-corrected chi connectivity index (χ2v) is 6.76. The Balaban J connectivity index is 1.75. The molecule has 2 aromatic heterocycles. The van der Waals surface area contributed by atoms with Crippen molar-refractivity contribution in [3.8, 4) is 5.75 Å². The van der Waals surface area contributed by atoms with E-state index in [4.69, 9.17) is 4.74 Å². The third-order valence-electron chi connectivity index (χ3n) is 4.06. The lowest BCUT2D eigenvalue weighted by molar-refractivity contribution is 0.296. The average molecular weight is 328 g/mol. The average Bonchev–Trinajstić information content (AvgIpc) is 2.85. The molecule has 0 bridgehead atoms. The van der Waals surface area contributed by atoms with E-state index in [1.54, 1.807) is 22.2 Å². The van der Waals surface area contributed by atoms with Gasteiger partial charge < -0.3 is 4.74 Å². The van der Waals surface area contributed by atoms with E-state index in [0.717, 1.165) is 32.8 Å². The van der Waals surface area contributed by atoms with Crippen LogP contribution in [0.5, 0.6) is 5.75 Å². The number of rotatable bonds is 5. The number of fused-ring (bicyclic) bond motifs is 1. The molecule has 2 heterocycles. The summed E-state index contributed by atoms with van der Waals surface area (Å²) >= 11 is 1.57. The number of aryl methyl sites for hydroxylation is 3.